The van der Waals surface area contributed by atoms with Crippen molar-refractivity contribution in [2.45, 2.75) is 32.1 Å². The molecule has 0 saturated heterocycles. The van der Waals surface area contributed by atoms with E-state index in [1.807, 2.05) is 12.1 Å². The Balaban J connectivity index is 4.70. The molecule has 0 aromatic rings. The Hall–Kier alpha value is -2.55. The van der Waals surface area contributed by atoms with E-state index in [4.69, 9.17) is 26.3 Å². The maximum atomic E-state index is 8.98. The van der Waals surface area contributed by atoms with Crippen LogP contribution in [0.15, 0.2) is 0 Å². The lowest BCUT2D eigenvalue weighted by Gasteiger charge is -2.20. The summed E-state index contributed by atoms with van der Waals surface area (Å²) in [7, 11) is 0. The minimum atomic E-state index is -1.55. The summed E-state index contributed by atoms with van der Waals surface area (Å²) in [5, 5.41) is 43.9. The summed E-state index contributed by atoms with van der Waals surface area (Å²) < 4.78 is 0. The lowest BCUT2D eigenvalue weighted by Crippen LogP contribution is -2.26. The molecule has 0 spiro atoms. The van der Waals surface area contributed by atoms with E-state index in [0.29, 0.717) is 25.7 Å². The molecule has 84 valence electrons. The normalized spacial score (nSPS) is 11.0. The highest BCUT2D eigenvalue weighted by molar-refractivity contribution is 5.23. The third-order valence-electron chi connectivity index (χ3n) is 2.54. The van der Waals surface area contributed by atoms with E-state index in [0.717, 1.165) is 0 Å². The van der Waals surface area contributed by atoms with Gasteiger partial charge in [-0.15, -0.1) is 0 Å². The van der Waals surface area contributed by atoms with Crippen molar-refractivity contribution in [3.63, 3.8) is 0 Å². The zero-order chi connectivity index (χ0) is 13.1. The van der Waals surface area contributed by atoms with Crippen LogP contribution in [0.3, 0.4) is 0 Å². The fourth-order valence-corrected chi connectivity index (χ4v) is 1.48. The van der Waals surface area contributed by atoms with Crippen LogP contribution < -0.4 is 0 Å². The van der Waals surface area contributed by atoms with Crippen molar-refractivity contribution in [1.29, 1.82) is 26.3 Å². The van der Waals surface area contributed by atoms with Crippen LogP contribution in [0.4, 0.5) is 0 Å². The van der Waals surface area contributed by atoms with Crippen LogP contribution in [0.25, 0.3) is 0 Å². The Morgan fingerprint density at radius 3 is 1.94 bits per heavy atom. The summed E-state index contributed by atoms with van der Waals surface area (Å²) in [4.78, 5) is 0. The standard InChI is InChI=1S/C12H11N5/c13-6-3-1-2-4-11(8-15)12(9-16,10-17)5-7-14/h11H,1-5H2. The number of hydrogen-bond acceptors (Lipinski definition) is 5. The van der Waals surface area contributed by atoms with Gasteiger partial charge in [0.05, 0.1) is 42.7 Å². The van der Waals surface area contributed by atoms with Gasteiger partial charge in [0, 0.05) is 6.42 Å². The van der Waals surface area contributed by atoms with Gasteiger partial charge in [0.15, 0.2) is 5.41 Å². The van der Waals surface area contributed by atoms with Gasteiger partial charge in [0.1, 0.15) is 0 Å². The summed E-state index contributed by atoms with van der Waals surface area (Å²) in [6.07, 6.45) is 1.72. The maximum absolute atomic E-state index is 8.98. The third kappa shape index (κ3) is 3.83. The summed E-state index contributed by atoms with van der Waals surface area (Å²) >= 11 is 0. The number of nitriles is 5. The molecule has 0 aliphatic rings. The topological polar surface area (TPSA) is 119 Å². The Morgan fingerprint density at radius 1 is 0.882 bits per heavy atom. The first kappa shape index (κ1) is 14.5. The van der Waals surface area contributed by atoms with E-state index in [2.05, 4.69) is 0 Å². The molecular formula is C12H11N5. The zero-order valence-corrected chi connectivity index (χ0v) is 9.35. The van der Waals surface area contributed by atoms with Crippen molar-refractivity contribution < 1.29 is 0 Å². The maximum Gasteiger partial charge on any atom is 0.172 e. The Labute approximate surface area is 101 Å². The van der Waals surface area contributed by atoms with Crippen LogP contribution >= 0.6 is 0 Å². The molecule has 17 heavy (non-hydrogen) atoms. The molecule has 0 aliphatic carbocycles. The molecule has 0 N–H and O–H groups in total. The third-order valence-corrected chi connectivity index (χ3v) is 2.54. The average molecular weight is 225 g/mol. The van der Waals surface area contributed by atoms with Gasteiger partial charge in [-0.05, 0) is 12.8 Å². The number of unbranched alkanes of at least 4 members (excludes halogenated alkanes) is 2. The van der Waals surface area contributed by atoms with Crippen molar-refractivity contribution >= 4 is 0 Å². The molecule has 5 nitrogen and oxygen atoms in total. The van der Waals surface area contributed by atoms with Crippen molar-refractivity contribution in [3.05, 3.63) is 0 Å². The fraction of sp³-hybridized carbons (Fsp3) is 0.583. The number of hydrogen-bond donors (Lipinski definition) is 0. The first-order valence-corrected chi connectivity index (χ1v) is 5.16. The lowest BCUT2D eigenvalue weighted by atomic mass is 9.74. The second kappa shape index (κ2) is 7.70. The van der Waals surface area contributed by atoms with Crippen LogP contribution in [-0.4, -0.2) is 0 Å². The highest BCUT2D eigenvalue weighted by atomic mass is 14.5. The molecule has 0 rings (SSSR count). The van der Waals surface area contributed by atoms with Crippen molar-refractivity contribution in [3.8, 4) is 30.3 Å². The van der Waals surface area contributed by atoms with Crippen molar-refractivity contribution in [2.24, 2.45) is 11.3 Å². The molecule has 0 radical (unpaired) electrons. The molecule has 1 unspecified atom stereocenters. The quantitative estimate of drug-likeness (QED) is 0.641. The second-order valence-corrected chi connectivity index (χ2v) is 3.62. The molecule has 0 fully saturated rings. The zero-order valence-electron chi connectivity index (χ0n) is 9.35. The molecule has 1 atom stereocenters. The van der Waals surface area contributed by atoms with Gasteiger partial charge in [-0.3, -0.25) is 0 Å². The highest BCUT2D eigenvalue weighted by Gasteiger charge is 2.39. The van der Waals surface area contributed by atoms with Gasteiger partial charge in [-0.2, -0.15) is 26.3 Å². The van der Waals surface area contributed by atoms with Gasteiger partial charge < -0.3 is 0 Å². The highest BCUT2D eigenvalue weighted by Crippen LogP contribution is 2.33. The molecule has 0 aromatic carbocycles. The molecule has 5 heteroatoms. The predicted molar refractivity (Wildman–Crippen MR) is 57.1 cm³/mol. The number of nitrogens with zero attached hydrogens (tertiary/aromatic N) is 5. The predicted octanol–water partition coefficient (Wildman–Crippen LogP) is 2.16. The van der Waals surface area contributed by atoms with E-state index >= 15 is 0 Å². The lowest BCUT2D eigenvalue weighted by molar-refractivity contribution is 0.363. The van der Waals surface area contributed by atoms with Gasteiger partial charge in [-0.1, -0.05) is 6.42 Å². The van der Waals surface area contributed by atoms with Crippen LogP contribution in [0.2, 0.25) is 0 Å². The second-order valence-electron chi connectivity index (χ2n) is 3.62. The van der Waals surface area contributed by atoms with Crippen molar-refractivity contribution in [2.75, 3.05) is 0 Å². The average Bonchev–Trinajstić information content (AvgIpc) is 2.37. The first-order chi connectivity index (χ1) is 8.20. The minimum absolute atomic E-state index is 0.267. The Bertz CT molecular complexity index is 432. The monoisotopic (exact) mass is 225 g/mol. The SMILES string of the molecule is N#CCCCCC(C#N)C(C#N)(C#N)CC#N. The fourth-order valence-electron chi connectivity index (χ4n) is 1.48. The Kier molecular flexibility index (Phi) is 6.55. The number of rotatable bonds is 6. The summed E-state index contributed by atoms with van der Waals surface area (Å²) in [6, 6.07) is 9.27. The van der Waals surface area contributed by atoms with Crippen LogP contribution in [0, 0.1) is 68.0 Å². The largest absolute Gasteiger partial charge is 0.198 e. The van der Waals surface area contributed by atoms with Gasteiger partial charge >= 0.3 is 0 Å². The molecule has 0 bridgehead atoms. The summed E-state index contributed by atoms with van der Waals surface area (Å²) in [5.74, 6) is -0.782. The smallest absolute Gasteiger partial charge is 0.172 e. The first-order valence-electron chi connectivity index (χ1n) is 5.16. The molecule has 0 aliphatic heterocycles. The van der Waals surface area contributed by atoms with E-state index in [1.54, 1.807) is 18.2 Å². The van der Waals surface area contributed by atoms with E-state index in [1.165, 1.54) is 0 Å². The van der Waals surface area contributed by atoms with Crippen LogP contribution in [0.5, 0.6) is 0 Å². The summed E-state index contributed by atoms with van der Waals surface area (Å²) in [6.45, 7) is 0. The molecule has 0 saturated carbocycles. The Morgan fingerprint density at radius 2 is 1.53 bits per heavy atom. The van der Waals surface area contributed by atoms with Gasteiger partial charge in [-0.25, -0.2) is 0 Å². The van der Waals surface area contributed by atoms with Gasteiger partial charge in [0.2, 0.25) is 0 Å². The van der Waals surface area contributed by atoms with Crippen molar-refractivity contribution in [1.82, 2.24) is 0 Å². The van der Waals surface area contributed by atoms with Gasteiger partial charge in [0.25, 0.3) is 0 Å². The van der Waals surface area contributed by atoms with Crippen LogP contribution in [0.1, 0.15) is 32.1 Å². The minimum Gasteiger partial charge on any atom is -0.198 e. The molecule has 0 amide bonds. The molecule has 0 aromatic heterocycles. The molecular weight excluding hydrogens is 214 g/mol. The summed E-state index contributed by atoms with van der Waals surface area (Å²) in [5.41, 5.74) is -1.55. The van der Waals surface area contributed by atoms with E-state index < -0.39 is 11.3 Å². The van der Waals surface area contributed by atoms with E-state index in [-0.39, 0.29) is 6.42 Å². The molecule has 0 heterocycles. The van der Waals surface area contributed by atoms with E-state index in [9.17, 15) is 0 Å². The van der Waals surface area contributed by atoms with Crippen LogP contribution in [-0.2, 0) is 0 Å².